The van der Waals surface area contributed by atoms with Crippen LogP contribution in [-0.4, -0.2) is 27.0 Å². The Kier molecular flexibility index (Phi) is 5.60. The zero-order valence-electron chi connectivity index (χ0n) is 17.3. The van der Waals surface area contributed by atoms with E-state index < -0.39 is 33.7 Å². The van der Waals surface area contributed by atoms with Crippen LogP contribution in [0, 0.1) is 25.5 Å². The first kappa shape index (κ1) is 21.8. The van der Waals surface area contributed by atoms with E-state index in [-0.39, 0.29) is 22.9 Å². The first-order chi connectivity index (χ1) is 15.1. The van der Waals surface area contributed by atoms with Crippen LogP contribution in [0.5, 0.6) is 5.75 Å². The Morgan fingerprint density at radius 3 is 2.34 bits per heavy atom. The maximum Gasteiger partial charge on any atom is 0.267 e. The Labute approximate surface area is 184 Å². The highest BCUT2D eigenvalue weighted by Crippen LogP contribution is 2.38. The van der Waals surface area contributed by atoms with E-state index >= 15 is 0 Å². The van der Waals surface area contributed by atoms with Crippen molar-refractivity contribution in [3.63, 3.8) is 0 Å². The van der Waals surface area contributed by atoms with Crippen LogP contribution in [0.1, 0.15) is 11.1 Å². The fourth-order valence-corrected chi connectivity index (χ4v) is 4.83. The predicted molar refractivity (Wildman–Crippen MR) is 116 cm³/mol. The minimum absolute atomic E-state index is 0.0279. The molecular weight excluding hydrogens is 438 g/mol. The van der Waals surface area contributed by atoms with Crippen molar-refractivity contribution in [2.45, 2.75) is 24.8 Å². The molecule has 1 amide bonds. The third kappa shape index (κ3) is 4.16. The number of amides is 1. The van der Waals surface area contributed by atoms with Gasteiger partial charge >= 0.3 is 0 Å². The molecule has 0 aliphatic carbocycles. The number of aryl methyl sites for hydroxylation is 2. The van der Waals surface area contributed by atoms with Gasteiger partial charge in [-0.25, -0.2) is 17.2 Å². The van der Waals surface area contributed by atoms with E-state index in [0.717, 1.165) is 27.6 Å². The summed E-state index contributed by atoms with van der Waals surface area (Å²) in [6.07, 6.45) is -1.21. The van der Waals surface area contributed by atoms with Crippen LogP contribution in [-0.2, 0) is 14.8 Å². The molecule has 0 bridgehead atoms. The second kappa shape index (κ2) is 8.23. The molecule has 0 fully saturated rings. The van der Waals surface area contributed by atoms with Crippen molar-refractivity contribution >= 4 is 27.3 Å². The van der Waals surface area contributed by atoms with Gasteiger partial charge in [0.25, 0.3) is 15.9 Å². The largest absolute Gasteiger partial charge is 0.476 e. The van der Waals surface area contributed by atoms with Gasteiger partial charge in [0.05, 0.1) is 17.1 Å². The fourth-order valence-electron chi connectivity index (χ4n) is 3.36. The van der Waals surface area contributed by atoms with Crippen LogP contribution in [0.15, 0.2) is 65.6 Å². The summed E-state index contributed by atoms with van der Waals surface area (Å²) in [4.78, 5) is 12.9. The molecule has 1 atom stereocenters. The zero-order chi connectivity index (χ0) is 23.0. The molecule has 32 heavy (non-hydrogen) atoms. The lowest BCUT2D eigenvalue weighted by atomic mass is 10.1. The van der Waals surface area contributed by atoms with Crippen molar-refractivity contribution in [2.75, 3.05) is 16.2 Å². The molecular formula is C23H20F2N2O4S. The second-order valence-electron chi connectivity index (χ2n) is 7.55. The van der Waals surface area contributed by atoms with Crippen LogP contribution in [0.3, 0.4) is 0 Å². The van der Waals surface area contributed by atoms with Gasteiger partial charge in [0.2, 0.25) is 0 Å². The highest BCUT2D eigenvalue weighted by Gasteiger charge is 2.37. The molecule has 1 aliphatic rings. The van der Waals surface area contributed by atoms with E-state index in [0.29, 0.717) is 5.69 Å². The van der Waals surface area contributed by atoms with Gasteiger partial charge < -0.3 is 10.1 Å². The monoisotopic (exact) mass is 458 g/mol. The summed E-state index contributed by atoms with van der Waals surface area (Å²) < 4.78 is 60.4. The zero-order valence-corrected chi connectivity index (χ0v) is 18.1. The fraction of sp³-hybridized carbons (Fsp3) is 0.174. The number of ether oxygens (including phenoxy) is 1. The number of nitrogens with one attached hydrogen (secondary N) is 1. The third-order valence-electron chi connectivity index (χ3n) is 5.07. The van der Waals surface area contributed by atoms with E-state index in [2.05, 4.69) is 5.32 Å². The van der Waals surface area contributed by atoms with Crippen molar-refractivity contribution in [3.05, 3.63) is 83.4 Å². The van der Waals surface area contributed by atoms with Crippen molar-refractivity contribution < 1.29 is 26.7 Å². The summed E-state index contributed by atoms with van der Waals surface area (Å²) in [7, 11) is -4.00. The molecule has 0 radical (unpaired) electrons. The molecule has 1 aliphatic heterocycles. The number of benzene rings is 3. The summed E-state index contributed by atoms with van der Waals surface area (Å²) in [5.41, 5.74) is 2.08. The highest BCUT2D eigenvalue weighted by atomic mass is 32.2. The number of halogens is 2. The topological polar surface area (TPSA) is 75.7 Å². The predicted octanol–water partition coefficient (Wildman–Crippen LogP) is 4.18. The van der Waals surface area contributed by atoms with E-state index in [1.54, 1.807) is 30.3 Å². The Hall–Kier alpha value is -3.46. The average molecular weight is 458 g/mol. The summed E-state index contributed by atoms with van der Waals surface area (Å²) in [6.45, 7) is 3.38. The molecule has 0 saturated carbocycles. The Bertz CT molecular complexity index is 1290. The number of hydrogen-bond acceptors (Lipinski definition) is 4. The molecule has 0 saturated heterocycles. The SMILES string of the molecule is Cc1ccc(S(=O)(=O)N2C[C@H](C(=O)Nc3ccc(F)c(F)c3)Oc3ccc(C)cc32)cc1. The smallest absolute Gasteiger partial charge is 0.267 e. The normalized spacial score (nSPS) is 15.6. The molecule has 0 aromatic heterocycles. The number of hydrogen-bond donors (Lipinski definition) is 1. The standard InChI is InChI=1S/C23H20F2N2O4S/c1-14-3-7-17(8-4-14)32(29,30)27-13-22(31-21-10-5-15(2)11-20(21)27)23(28)26-16-6-9-18(24)19(25)12-16/h3-12,22H,13H2,1-2H3,(H,26,28)/t22-/m1/s1. The molecule has 1 heterocycles. The van der Waals surface area contributed by atoms with Gasteiger partial charge in [-0.05, 0) is 55.8 Å². The van der Waals surface area contributed by atoms with Gasteiger partial charge in [-0.1, -0.05) is 23.8 Å². The Balaban J connectivity index is 1.69. The van der Waals surface area contributed by atoms with Gasteiger partial charge in [0, 0.05) is 11.8 Å². The maximum atomic E-state index is 13.5. The third-order valence-corrected chi connectivity index (χ3v) is 6.87. The molecule has 4 rings (SSSR count). The summed E-state index contributed by atoms with van der Waals surface area (Å²) >= 11 is 0. The van der Waals surface area contributed by atoms with Gasteiger partial charge in [0.15, 0.2) is 17.7 Å². The summed E-state index contributed by atoms with van der Waals surface area (Å²) in [5, 5.41) is 2.45. The van der Waals surface area contributed by atoms with Crippen LogP contribution < -0.4 is 14.4 Å². The minimum atomic E-state index is -4.00. The van der Waals surface area contributed by atoms with Gasteiger partial charge in [-0.3, -0.25) is 9.10 Å². The lowest BCUT2D eigenvalue weighted by Gasteiger charge is -2.35. The van der Waals surface area contributed by atoms with Crippen molar-refractivity contribution in [3.8, 4) is 5.75 Å². The number of sulfonamides is 1. The molecule has 0 unspecified atom stereocenters. The van der Waals surface area contributed by atoms with Crippen LogP contribution in [0.4, 0.5) is 20.2 Å². The highest BCUT2D eigenvalue weighted by molar-refractivity contribution is 7.92. The number of fused-ring (bicyclic) bond motifs is 1. The molecule has 1 N–H and O–H groups in total. The second-order valence-corrected chi connectivity index (χ2v) is 9.41. The molecule has 3 aromatic rings. The van der Waals surface area contributed by atoms with Gasteiger partial charge in [-0.2, -0.15) is 0 Å². The average Bonchev–Trinajstić information content (AvgIpc) is 2.75. The van der Waals surface area contributed by atoms with Gasteiger partial charge in [-0.15, -0.1) is 0 Å². The summed E-state index contributed by atoms with van der Waals surface area (Å²) in [5.74, 6) is -2.62. The Morgan fingerprint density at radius 2 is 1.66 bits per heavy atom. The molecule has 0 spiro atoms. The number of rotatable bonds is 4. The lowest BCUT2D eigenvalue weighted by molar-refractivity contribution is -0.122. The first-order valence-corrected chi connectivity index (χ1v) is 11.2. The quantitative estimate of drug-likeness (QED) is 0.637. The van der Waals surface area contributed by atoms with Crippen molar-refractivity contribution in [2.24, 2.45) is 0 Å². The lowest BCUT2D eigenvalue weighted by Crippen LogP contribution is -2.48. The number of nitrogens with zero attached hydrogens (tertiary/aromatic N) is 1. The number of carbonyl (C=O) groups excluding carboxylic acids is 1. The van der Waals surface area contributed by atoms with E-state index in [4.69, 9.17) is 4.74 Å². The Morgan fingerprint density at radius 1 is 0.969 bits per heavy atom. The van der Waals surface area contributed by atoms with Gasteiger partial charge in [0.1, 0.15) is 5.75 Å². The van der Waals surface area contributed by atoms with Crippen LogP contribution in [0.2, 0.25) is 0 Å². The summed E-state index contributed by atoms with van der Waals surface area (Å²) in [6, 6.07) is 14.3. The van der Waals surface area contributed by atoms with E-state index in [1.165, 1.54) is 18.2 Å². The first-order valence-electron chi connectivity index (χ1n) is 9.78. The number of anilines is 2. The molecule has 9 heteroatoms. The van der Waals surface area contributed by atoms with Crippen molar-refractivity contribution in [1.82, 2.24) is 0 Å². The van der Waals surface area contributed by atoms with Crippen LogP contribution in [0.25, 0.3) is 0 Å². The van der Waals surface area contributed by atoms with E-state index in [9.17, 15) is 22.0 Å². The molecule has 6 nitrogen and oxygen atoms in total. The maximum absolute atomic E-state index is 13.5. The van der Waals surface area contributed by atoms with E-state index in [1.807, 2.05) is 13.8 Å². The molecule has 166 valence electrons. The van der Waals surface area contributed by atoms with Crippen molar-refractivity contribution in [1.29, 1.82) is 0 Å². The minimum Gasteiger partial charge on any atom is -0.476 e. The van der Waals surface area contributed by atoms with Crippen LogP contribution >= 0.6 is 0 Å². The number of carbonyl (C=O) groups is 1. The molecule has 3 aromatic carbocycles.